The summed E-state index contributed by atoms with van der Waals surface area (Å²) >= 11 is 0. The monoisotopic (exact) mass is 273 g/mol. The highest BCUT2D eigenvalue weighted by Gasteiger charge is 2.35. The molecule has 20 heavy (non-hydrogen) atoms. The zero-order valence-corrected chi connectivity index (χ0v) is 12.6. The number of nitrogens with zero attached hydrogens (tertiary/aromatic N) is 1. The fraction of sp³-hybridized carbons (Fsp3) is 0.529. The quantitative estimate of drug-likeness (QED) is 0.715. The summed E-state index contributed by atoms with van der Waals surface area (Å²) in [6, 6.07) is 8.21. The van der Waals surface area contributed by atoms with E-state index < -0.39 is 0 Å². The zero-order chi connectivity index (χ0) is 14.5. The van der Waals surface area contributed by atoms with Crippen molar-refractivity contribution < 1.29 is 9.53 Å². The van der Waals surface area contributed by atoms with Crippen LogP contribution < -0.4 is 0 Å². The molecular formula is C17H23NO2. The van der Waals surface area contributed by atoms with Gasteiger partial charge in [0, 0.05) is 0 Å². The first-order chi connectivity index (χ1) is 9.56. The first-order valence-electron chi connectivity index (χ1n) is 7.35. The van der Waals surface area contributed by atoms with E-state index >= 15 is 0 Å². The Balaban J connectivity index is 1.66. The molecule has 2 rings (SSSR count). The molecule has 1 aliphatic rings. The minimum absolute atomic E-state index is 0.176. The number of ether oxygens (including phenoxy) is 1. The highest BCUT2D eigenvalue weighted by Crippen LogP contribution is 2.19. The molecule has 1 aromatic rings. The van der Waals surface area contributed by atoms with Gasteiger partial charge in [0.2, 0.25) is 0 Å². The molecule has 3 heteroatoms. The summed E-state index contributed by atoms with van der Waals surface area (Å²) in [4.78, 5) is 15.9. The zero-order valence-electron chi connectivity index (χ0n) is 12.6. The van der Waals surface area contributed by atoms with Crippen LogP contribution >= 0.6 is 0 Å². The largest absolute Gasteiger partial charge is 0.464 e. The Morgan fingerprint density at radius 2 is 1.95 bits per heavy atom. The lowest BCUT2D eigenvalue weighted by molar-refractivity contribution is -0.142. The van der Waals surface area contributed by atoms with Crippen molar-refractivity contribution in [2.45, 2.75) is 46.1 Å². The summed E-state index contributed by atoms with van der Waals surface area (Å²) in [5, 5.41) is 0. The second-order valence-corrected chi connectivity index (χ2v) is 5.86. The van der Waals surface area contributed by atoms with Crippen LogP contribution in [0.1, 0.15) is 37.8 Å². The van der Waals surface area contributed by atoms with E-state index in [0.717, 1.165) is 25.0 Å². The van der Waals surface area contributed by atoms with Crippen LogP contribution in [0.15, 0.2) is 29.3 Å². The van der Waals surface area contributed by atoms with Crippen LogP contribution in [0.5, 0.6) is 0 Å². The average Bonchev–Trinajstić information content (AvgIpc) is 3.17. The number of hydrogen-bond donors (Lipinski definition) is 0. The Labute approximate surface area is 121 Å². The highest BCUT2D eigenvalue weighted by molar-refractivity contribution is 6.16. The van der Waals surface area contributed by atoms with Gasteiger partial charge in [-0.25, -0.2) is 4.79 Å². The molecule has 0 aliphatic carbocycles. The van der Waals surface area contributed by atoms with E-state index in [1.807, 2.05) is 0 Å². The maximum Gasteiger partial charge on any atom is 0.336 e. The van der Waals surface area contributed by atoms with Crippen LogP contribution in [0, 0.1) is 12.8 Å². The van der Waals surface area contributed by atoms with Crippen LogP contribution in [0.2, 0.25) is 0 Å². The number of carbonyl (C=O) groups is 1. The molecule has 3 nitrogen and oxygen atoms in total. The molecule has 0 radical (unpaired) electrons. The Morgan fingerprint density at radius 1 is 1.25 bits per heavy atom. The molecule has 0 bridgehead atoms. The molecule has 0 spiro atoms. The maximum absolute atomic E-state index is 11.7. The molecule has 1 heterocycles. The lowest BCUT2D eigenvalue weighted by atomic mass is 10.1. The Bertz CT molecular complexity index is 488. The number of esters is 1. The standard InChI is InChI=1S/C17H23NO2/c1-12(2)10-11-20-17(19)16-15(18-16)9-8-14-6-4-13(3)5-7-14/h4-7,12,16H,8-11H2,1-3H3. The van der Waals surface area contributed by atoms with Gasteiger partial charge in [0.15, 0.2) is 6.04 Å². The second kappa shape index (κ2) is 6.69. The summed E-state index contributed by atoms with van der Waals surface area (Å²) in [7, 11) is 0. The molecule has 1 unspecified atom stereocenters. The van der Waals surface area contributed by atoms with Crippen molar-refractivity contribution >= 4 is 11.7 Å². The van der Waals surface area contributed by atoms with E-state index in [4.69, 9.17) is 4.74 Å². The molecule has 1 aliphatic heterocycles. The van der Waals surface area contributed by atoms with E-state index in [-0.39, 0.29) is 12.0 Å². The topological polar surface area (TPSA) is 38.7 Å². The first kappa shape index (κ1) is 14.8. The molecule has 0 N–H and O–H groups in total. The summed E-state index contributed by atoms with van der Waals surface area (Å²) in [6.07, 6.45) is 2.71. The third kappa shape index (κ3) is 4.48. The highest BCUT2D eigenvalue weighted by atomic mass is 16.5. The maximum atomic E-state index is 11.7. The number of carbonyl (C=O) groups excluding carboxylic acids is 1. The van der Waals surface area contributed by atoms with Crippen LogP contribution in [0.25, 0.3) is 0 Å². The molecule has 1 atom stereocenters. The van der Waals surface area contributed by atoms with Gasteiger partial charge < -0.3 is 4.74 Å². The van der Waals surface area contributed by atoms with Crippen molar-refractivity contribution in [1.82, 2.24) is 0 Å². The third-order valence-corrected chi connectivity index (χ3v) is 3.50. The molecule has 0 amide bonds. The fourth-order valence-electron chi connectivity index (χ4n) is 2.02. The molecular weight excluding hydrogens is 250 g/mol. The normalized spacial score (nSPS) is 17.0. The fourth-order valence-corrected chi connectivity index (χ4v) is 2.02. The van der Waals surface area contributed by atoms with Gasteiger partial charge in [-0.05, 0) is 37.7 Å². The van der Waals surface area contributed by atoms with Crippen molar-refractivity contribution in [3.8, 4) is 0 Å². The molecule has 0 fully saturated rings. The van der Waals surface area contributed by atoms with Crippen molar-refractivity contribution in [3.63, 3.8) is 0 Å². The van der Waals surface area contributed by atoms with Crippen molar-refractivity contribution in [1.29, 1.82) is 0 Å². The van der Waals surface area contributed by atoms with Gasteiger partial charge in [0.05, 0.1) is 12.3 Å². The number of rotatable bonds is 7. The smallest absolute Gasteiger partial charge is 0.336 e. The third-order valence-electron chi connectivity index (χ3n) is 3.50. The van der Waals surface area contributed by atoms with Crippen molar-refractivity contribution in [3.05, 3.63) is 35.4 Å². The van der Waals surface area contributed by atoms with E-state index in [0.29, 0.717) is 12.5 Å². The molecule has 1 aromatic carbocycles. The van der Waals surface area contributed by atoms with E-state index in [9.17, 15) is 4.79 Å². The van der Waals surface area contributed by atoms with E-state index in [1.165, 1.54) is 11.1 Å². The van der Waals surface area contributed by atoms with Crippen molar-refractivity contribution in [2.75, 3.05) is 6.61 Å². The summed E-state index contributed by atoms with van der Waals surface area (Å²) in [5.74, 6) is 0.383. The van der Waals surface area contributed by atoms with Gasteiger partial charge in [-0.2, -0.15) is 0 Å². The molecule has 0 saturated carbocycles. The predicted octanol–water partition coefficient (Wildman–Crippen LogP) is 3.34. The van der Waals surface area contributed by atoms with Gasteiger partial charge in [-0.15, -0.1) is 0 Å². The van der Waals surface area contributed by atoms with Gasteiger partial charge in [-0.1, -0.05) is 43.7 Å². The SMILES string of the molecule is Cc1ccc(CCC2=NC2C(=O)OCCC(C)C)cc1. The predicted molar refractivity (Wildman–Crippen MR) is 81.1 cm³/mol. The lowest BCUT2D eigenvalue weighted by Gasteiger charge is -2.05. The molecule has 108 valence electrons. The van der Waals surface area contributed by atoms with Crippen LogP contribution in [-0.2, 0) is 16.0 Å². The van der Waals surface area contributed by atoms with E-state index in [2.05, 4.69) is 50.0 Å². The van der Waals surface area contributed by atoms with Crippen LogP contribution in [0.4, 0.5) is 0 Å². The van der Waals surface area contributed by atoms with Gasteiger partial charge in [0.1, 0.15) is 0 Å². The first-order valence-corrected chi connectivity index (χ1v) is 7.35. The number of aryl methyl sites for hydroxylation is 2. The number of hydrogen-bond acceptors (Lipinski definition) is 3. The number of benzene rings is 1. The van der Waals surface area contributed by atoms with Crippen LogP contribution in [-0.4, -0.2) is 24.3 Å². The average molecular weight is 273 g/mol. The minimum Gasteiger partial charge on any atom is -0.464 e. The Kier molecular flexibility index (Phi) is 4.94. The van der Waals surface area contributed by atoms with Gasteiger partial charge in [-0.3, -0.25) is 4.99 Å². The number of aliphatic imine (C=N–C) groups is 1. The second-order valence-electron chi connectivity index (χ2n) is 5.86. The Hall–Kier alpha value is -1.64. The summed E-state index contributed by atoms with van der Waals surface area (Å²) in [6.45, 7) is 6.83. The lowest BCUT2D eigenvalue weighted by Crippen LogP contribution is -2.18. The van der Waals surface area contributed by atoms with Gasteiger partial charge >= 0.3 is 5.97 Å². The Morgan fingerprint density at radius 3 is 2.60 bits per heavy atom. The van der Waals surface area contributed by atoms with E-state index in [1.54, 1.807) is 0 Å². The molecule has 0 aromatic heterocycles. The van der Waals surface area contributed by atoms with Gasteiger partial charge in [0.25, 0.3) is 0 Å². The van der Waals surface area contributed by atoms with Crippen molar-refractivity contribution in [2.24, 2.45) is 10.9 Å². The molecule has 0 saturated heterocycles. The summed E-state index contributed by atoms with van der Waals surface area (Å²) in [5.41, 5.74) is 3.54. The summed E-state index contributed by atoms with van der Waals surface area (Å²) < 4.78 is 5.22. The minimum atomic E-state index is -0.285. The van der Waals surface area contributed by atoms with Crippen LogP contribution in [0.3, 0.4) is 0 Å².